The van der Waals surface area contributed by atoms with Crippen LogP contribution in [-0.4, -0.2) is 0 Å². The molecule has 0 spiro atoms. The van der Waals surface area contributed by atoms with Crippen LogP contribution in [0.3, 0.4) is 0 Å². The van der Waals surface area contributed by atoms with Gasteiger partial charge in [0.1, 0.15) is 0 Å². The molecule has 0 amide bonds. The van der Waals surface area contributed by atoms with Crippen molar-refractivity contribution in [3.8, 4) is 0 Å². The van der Waals surface area contributed by atoms with Gasteiger partial charge >= 0.3 is 178 Å². The van der Waals surface area contributed by atoms with Crippen LogP contribution in [0.4, 0.5) is 0 Å². The molecule has 160 valence electrons. The number of halogens is 3. The smallest absolute Gasteiger partial charge is 1.00 e. The number of rotatable bonds is 6. The molecule has 0 nitrogen and oxygen atoms in total. The quantitative estimate of drug-likeness (QED) is 0.423. The summed E-state index contributed by atoms with van der Waals surface area (Å²) in [6, 6.07) is 22.3. The molecule has 0 aliphatic heterocycles. The van der Waals surface area contributed by atoms with Gasteiger partial charge in [-0.25, -0.2) is 0 Å². The van der Waals surface area contributed by atoms with Crippen molar-refractivity contribution in [1.29, 1.82) is 0 Å². The molecule has 0 heterocycles. The standard InChI is InChI=1S/C26H31.3ClH.Ti/c1-5-6-14-21-15-13-20-24(21)26(25(2,3)4,22-16-9-7-10-17-22)23-18-11-8-12-19-23;;;;/h7-13,15-20H,5-6,14H2,1-4H3;3*1H;/q;;;;+3/p-3. The maximum Gasteiger partial charge on any atom is -1.00 e. The first-order valence-electron chi connectivity index (χ1n) is 10.1. The topological polar surface area (TPSA) is 0 Å². The van der Waals surface area contributed by atoms with Gasteiger partial charge in [-0.05, 0) is 0 Å². The van der Waals surface area contributed by atoms with Crippen LogP contribution in [0.2, 0.25) is 3.72 Å². The normalized spacial score (nSPS) is 18.0. The summed E-state index contributed by atoms with van der Waals surface area (Å²) in [6.07, 6.45) is 10.8. The third-order valence-corrected chi connectivity index (χ3v) is 7.43. The molecule has 0 radical (unpaired) electrons. The minimum atomic E-state index is -0.144. The Morgan fingerprint density at radius 2 is 1.27 bits per heavy atom. The Hall–Kier alpha value is -0.496. The summed E-state index contributed by atoms with van der Waals surface area (Å²) in [5, 5.41) is 0. The molecule has 0 saturated heterocycles. The molecule has 0 saturated carbocycles. The van der Waals surface area contributed by atoms with E-state index in [0.717, 1.165) is 6.42 Å². The maximum absolute atomic E-state index is 2.46. The predicted octanol–water partition coefficient (Wildman–Crippen LogP) is -1.58. The first-order valence-corrected chi connectivity index (χ1v) is 10.9. The average Bonchev–Trinajstić information content (AvgIpc) is 3.02. The number of hydrogen-bond donors (Lipinski definition) is 0. The second-order valence-electron chi connectivity index (χ2n) is 8.69. The van der Waals surface area contributed by atoms with E-state index in [-0.39, 0.29) is 51.8 Å². The zero-order chi connectivity index (χ0) is 19.5. The van der Waals surface area contributed by atoms with E-state index in [4.69, 9.17) is 0 Å². The Bertz CT molecular complexity index is 783. The van der Waals surface area contributed by atoms with E-state index in [2.05, 4.69) is 127 Å². The van der Waals surface area contributed by atoms with Gasteiger partial charge in [0.15, 0.2) is 0 Å². The van der Waals surface area contributed by atoms with Crippen molar-refractivity contribution in [2.75, 3.05) is 0 Å². The molecule has 1 atom stereocenters. The summed E-state index contributed by atoms with van der Waals surface area (Å²) in [7, 11) is 0. The first kappa shape index (κ1) is 29.5. The van der Waals surface area contributed by atoms with Crippen LogP contribution in [-0.2, 0) is 25.9 Å². The molecular formula is C26H31Cl3Ti. The molecular weight excluding hydrogens is 467 g/mol. The van der Waals surface area contributed by atoms with Gasteiger partial charge in [0.2, 0.25) is 0 Å². The summed E-state index contributed by atoms with van der Waals surface area (Å²) < 4.78 is -0.0525. The van der Waals surface area contributed by atoms with Crippen LogP contribution in [0.15, 0.2) is 84.5 Å². The van der Waals surface area contributed by atoms with Crippen molar-refractivity contribution >= 4 is 0 Å². The van der Waals surface area contributed by atoms with Crippen molar-refractivity contribution in [3.63, 3.8) is 0 Å². The number of hydrogen-bond acceptors (Lipinski definition) is 0. The fourth-order valence-corrected chi connectivity index (χ4v) is 6.53. The summed E-state index contributed by atoms with van der Waals surface area (Å²) >= 11 is 2.46. The van der Waals surface area contributed by atoms with Gasteiger partial charge in [0.25, 0.3) is 0 Å². The Morgan fingerprint density at radius 3 is 1.67 bits per heavy atom. The second kappa shape index (κ2) is 11.9. The third kappa shape index (κ3) is 4.95. The Kier molecular flexibility index (Phi) is 11.7. The summed E-state index contributed by atoms with van der Waals surface area (Å²) in [5.74, 6) is 0. The molecule has 2 aromatic rings. The molecule has 1 unspecified atom stereocenters. The number of unbranched alkanes of at least 4 members (excludes halogenated alkanes) is 1. The fraction of sp³-hybridized carbons (Fsp3) is 0.385. The molecule has 3 rings (SSSR count). The zero-order valence-electron chi connectivity index (χ0n) is 18.3. The predicted molar refractivity (Wildman–Crippen MR) is 113 cm³/mol. The first-order chi connectivity index (χ1) is 12.9. The van der Waals surface area contributed by atoms with Gasteiger partial charge in [-0.3, -0.25) is 0 Å². The van der Waals surface area contributed by atoms with E-state index >= 15 is 0 Å². The van der Waals surface area contributed by atoms with E-state index in [1.165, 1.54) is 24.0 Å². The summed E-state index contributed by atoms with van der Waals surface area (Å²) in [5.41, 5.74) is 4.26. The Labute approximate surface area is 213 Å². The van der Waals surface area contributed by atoms with Gasteiger partial charge in [-0.1, -0.05) is 0 Å². The minimum absolute atomic E-state index is 0. The molecule has 2 aromatic carbocycles. The van der Waals surface area contributed by atoms with Crippen LogP contribution in [0, 0.1) is 5.41 Å². The van der Waals surface area contributed by atoms with Gasteiger partial charge in [0.05, 0.1) is 0 Å². The summed E-state index contributed by atoms with van der Waals surface area (Å²) in [4.78, 5) is 0. The monoisotopic (exact) mass is 496 g/mol. The zero-order valence-corrected chi connectivity index (χ0v) is 22.1. The van der Waals surface area contributed by atoms with E-state index in [1.807, 2.05) is 0 Å². The SMILES string of the molecule is CCCCC1=CC=C[C]1([Ti+3])C(c1ccccc1)(c1ccccc1)C(C)(C)C.[Cl-].[Cl-].[Cl-]. The van der Waals surface area contributed by atoms with Crippen molar-refractivity contribution in [2.24, 2.45) is 5.41 Å². The van der Waals surface area contributed by atoms with Gasteiger partial charge in [-0.15, -0.1) is 0 Å². The molecule has 1 aliphatic rings. The van der Waals surface area contributed by atoms with Gasteiger partial charge < -0.3 is 37.2 Å². The van der Waals surface area contributed by atoms with E-state index < -0.39 is 0 Å². The average molecular weight is 498 g/mol. The van der Waals surface area contributed by atoms with Crippen molar-refractivity contribution in [3.05, 3.63) is 95.6 Å². The second-order valence-corrected chi connectivity index (χ2v) is 9.93. The maximum atomic E-state index is 2.46. The molecule has 1 aliphatic carbocycles. The van der Waals surface area contributed by atoms with Gasteiger partial charge in [0, 0.05) is 0 Å². The fourth-order valence-electron chi connectivity index (χ4n) is 5.02. The molecule has 4 heteroatoms. The van der Waals surface area contributed by atoms with Crippen molar-refractivity contribution in [1.82, 2.24) is 0 Å². The Balaban J connectivity index is 0.00000280. The van der Waals surface area contributed by atoms with Crippen LogP contribution in [0.1, 0.15) is 58.1 Å². The molecule has 30 heavy (non-hydrogen) atoms. The number of allylic oxidation sites excluding steroid dienone is 4. The molecule has 0 N–H and O–H groups in total. The molecule has 0 fully saturated rings. The van der Waals surface area contributed by atoms with E-state index in [0.29, 0.717) is 0 Å². The van der Waals surface area contributed by atoms with Crippen LogP contribution >= 0.6 is 0 Å². The molecule has 0 bridgehead atoms. The van der Waals surface area contributed by atoms with E-state index in [9.17, 15) is 0 Å². The Morgan fingerprint density at radius 1 is 0.800 bits per heavy atom. The van der Waals surface area contributed by atoms with E-state index in [1.54, 1.807) is 5.57 Å². The van der Waals surface area contributed by atoms with Crippen molar-refractivity contribution in [2.45, 2.75) is 56.1 Å². The van der Waals surface area contributed by atoms with Crippen molar-refractivity contribution < 1.29 is 57.7 Å². The molecule has 0 aromatic heterocycles. The van der Waals surface area contributed by atoms with Crippen LogP contribution < -0.4 is 37.2 Å². The summed E-state index contributed by atoms with van der Waals surface area (Å²) in [6.45, 7) is 9.50. The van der Waals surface area contributed by atoms with Crippen LogP contribution in [0.5, 0.6) is 0 Å². The van der Waals surface area contributed by atoms with Crippen LogP contribution in [0.25, 0.3) is 0 Å². The largest absolute Gasteiger partial charge is 1.00 e. The third-order valence-electron chi connectivity index (χ3n) is 6.08. The number of benzene rings is 2. The minimum Gasteiger partial charge on any atom is -1.00 e. The van der Waals surface area contributed by atoms with Gasteiger partial charge in [-0.2, -0.15) is 0 Å².